The third-order valence-electron chi connectivity index (χ3n) is 2.75. The van der Waals surface area contributed by atoms with Crippen molar-refractivity contribution in [2.75, 3.05) is 26.8 Å². The molecule has 0 amide bonds. The number of benzene rings is 1. The van der Waals surface area contributed by atoms with Gasteiger partial charge in [-0.1, -0.05) is 13.0 Å². The molecule has 0 aliphatic carbocycles. The Labute approximate surface area is 110 Å². The number of hydrogen-bond donors (Lipinski definition) is 1. The van der Waals surface area contributed by atoms with Crippen LogP contribution in [0.1, 0.15) is 31.7 Å². The molecule has 0 saturated carbocycles. The lowest BCUT2D eigenvalue weighted by Gasteiger charge is -2.11. The second-order valence-electron chi connectivity index (χ2n) is 4.46. The molecular formula is C15H25NO2. The van der Waals surface area contributed by atoms with Gasteiger partial charge in [-0.25, -0.2) is 0 Å². The van der Waals surface area contributed by atoms with Crippen molar-refractivity contribution in [1.29, 1.82) is 0 Å². The van der Waals surface area contributed by atoms with E-state index in [4.69, 9.17) is 9.47 Å². The molecule has 3 nitrogen and oxygen atoms in total. The maximum Gasteiger partial charge on any atom is 0.161 e. The van der Waals surface area contributed by atoms with E-state index in [0.29, 0.717) is 0 Å². The van der Waals surface area contributed by atoms with Crippen molar-refractivity contribution in [3.63, 3.8) is 0 Å². The summed E-state index contributed by atoms with van der Waals surface area (Å²) < 4.78 is 11.0. The van der Waals surface area contributed by atoms with Crippen molar-refractivity contribution < 1.29 is 9.47 Å². The molecule has 18 heavy (non-hydrogen) atoms. The normalized spacial score (nSPS) is 10.4. The van der Waals surface area contributed by atoms with E-state index in [1.165, 1.54) is 12.0 Å². The Kier molecular flexibility index (Phi) is 7.26. The Morgan fingerprint density at radius 3 is 2.67 bits per heavy atom. The minimum atomic E-state index is 0.743. The second kappa shape index (κ2) is 8.81. The van der Waals surface area contributed by atoms with Crippen LogP contribution in [0.2, 0.25) is 0 Å². The van der Waals surface area contributed by atoms with Gasteiger partial charge >= 0.3 is 0 Å². The van der Waals surface area contributed by atoms with E-state index >= 15 is 0 Å². The number of unbranched alkanes of at least 4 members (excludes halogenated alkanes) is 1. The Morgan fingerprint density at radius 2 is 1.94 bits per heavy atom. The molecule has 1 rings (SSSR count). The van der Waals surface area contributed by atoms with E-state index in [9.17, 15) is 0 Å². The molecule has 1 aromatic rings. The number of hydrogen-bond acceptors (Lipinski definition) is 3. The van der Waals surface area contributed by atoms with E-state index in [1.54, 1.807) is 7.11 Å². The van der Waals surface area contributed by atoms with E-state index in [2.05, 4.69) is 12.2 Å². The van der Waals surface area contributed by atoms with Crippen LogP contribution < -0.4 is 14.8 Å². The van der Waals surface area contributed by atoms with Gasteiger partial charge in [0.2, 0.25) is 0 Å². The minimum Gasteiger partial charge on any atom is -0.493 e. The summed E-state index contributed by atoms with van der Waals surface area (Å²) in [4.78, 5) is 0. The van der Waals surface area contributed by atoms with Crippen LogP contribution in [-0.2, 0) is 0 Å². The van der Waals surface area contributed by atoms with Crippen molar-refractivity contribution in [3.8, 4) is 11.5 Å². The van der Waals surface area contributed by atoms with Gasteiger partial charge in [0.25, 0.3) is 0 Å². The van der Waals surface area contributed by atoms with Gasteiger partial charge in [-0.2, -0.15) is 0 Å². The molecule has 1 aromatic carbocycles. The van der Waals surface area contributed by atoms with Crippen LogP contribution in [0.5, 0.6) is 11.5 Å². The molecule has 0 spiro atoms. The monoisotopic (exact) mass is 251 g/mol. The lowest BCUT2D eigenvalue weighted by Crippen LogP contribution is -2.16. The maximum atomic E-state index is 5.74. The molecule has 0 fully saturated rings. The summed E-state index contributed by atoms with van der Waals surface area (Å²) in [5.74, 6) is 1.66. The van der Waals surface area contributed by atoms with Crippen molar-refractivity contribution in [1.82, 2.24) is 5.32 Å². The number of methoxy groups -OCH3 is 1. The van der Waals surface area contributed by atoms with Crippen molar-refractivity contribution in [2.24, 2.45) is 0 Å². The summed E-state index contributed by atoms with van der Waals surface area (Å²) >= 11 is 0. The fourth-order valence-electron chi connectivity index (χ4n) is 1.73. The molecule has 0 aliphatic rings. The van der Waals surface area contributed by atoms with Crippen LogP contribution in [0.15, 0.2) is 18.2 Å². The Morgan fingerprint density at radius 1 is 1.11 bits per heavy atom. The Balaban J connectivity index is 2.22. The van der Waals surface area contributed by atoms with Crippen LogP contribution >= 0.6 is 0 Å². The molecule has 0 radical (unpaired) electrons. The SMILES string of the molecule is CCCNCCCCOc1ccc(C)cc1OC. The van der Waals surface area contributed by atoms with Crippen LogP contribution in [0.25, 0.3) is 0 Å². The molecule has 0 atom stereocenters. The van der Waals surface area contributed by atoms with Crippen LogP contribution in [0.4, 0.5) is 0 Å². The van der Waals surface area contributed by atoms with E-state index in [0.717, 1.165) is 44.0 Å². The molecule has 0 unspecified atom stereocenters. The maximum absolute atomic E-state index is 5.74. The third-order valence-corrected chi connectivity index (χ3v) is 2.75. The van der Waals surface area contributed by atoms with Crippen LogP contribution in [-0.4, -0.2) is 26.8 Å². The van der Waals surface area contributed by atoms with Gasteiger partial charge in [-0.3, -0.25) is 0 Å². The fraction of sp³-hybridized carbons (Fsp3) is 0.600. The molecule has 0 aliphatic heterocycles. The van der Waals surface area contributed by atoms with Gasteiger partial charge in [0.15, 0.2) is 11.5 Å². The minimum absolute atomic E-state index is 0.743. The molecule has 0 saturated heterocycles. The third kappa shape index (κ3) is 5.41. The predicted molar refractivity (Wildman–Crippen MR) is 75.6 cm³/mol. The van der Waals surface area contributed by atoms with E-state index in [-0.39, 0.29) is 0 Å². The second-order valence-corrected chi connectivity index (χ2v) is 4.46. The topological polar surface area (TPSA) is 30.5 Å². The van der Waals surface area contributed by atoms with Crippen molar-refractivity contribution >= 4 is 0 Å². The van der Waals surface area contributed by atoms with Crippen molar-refractivity contribution in [2.45, 2.75) is 33.1 Å². The summed E-state index contributed by atoms with van der Waals surface area (Å²) in [5, 5.41) is 3.38. The predicted octanol–water partition coefficient (Wildman–Crippen LogP) is 3.16. The Hall–Kier alpha value is -1.22. The summed E-state index contributed by atoms with van der Waals surface area (Å²) in [7, 11) is 1.68. The molecule has 0 bridgehead atoms. The van der Waals surface area contributed by atoms with Crippen LogP contribution in [0.3, 0.4) is 0 Å². The zero-order chi connectivity index (χ0) is 13.2. The Bertz CT molecular complexity index is 339. The summed E-state index contributed by atoms with van der Waals surface area (Å²) in [6, 6.07) is 6.02. The number of rotatable bonds is 9. The van der Waals surface area contributed by atoms with Gasteiger partial charge in [0, 0.05) is 0 Å². The van der Waals surface area contributed by atoms with E-state index < -0.39 is 0 Å². The highest BCUT2D eigenvalue weighted by Crippen LogP contribution is 2.27. The highest BCUT2D eigenvalue weighted by molar-refractivity contribution is 5.42. The quantitative estimate of drug-likeness (QED) is 0.684. The van der Waals surface area contributed by atoms with Crippen molar-refractivity contribution in [3.05, 3.63) is 23.8 Å². The largest absolute Gasteiger partial charge is 0.493 e. The molecule has 102 valence electrons. The summed E-state index contributed by atoms with van der Waals surface area (Å²) in [5.41, 5.74) is 1.18. The molecule has 3 heteroatoms. The van der Waals surface area contributed by atoms with Gasteiger partial charge in [0.05, 0.1) is 13.7 Å². The average Bonchev–Trinajstić information content (AvgIpc) is 2.39. The molecule has 0 heterocycles. The van der Waals surface area contributed by atoms with Gasteiger partial charge < -0.3 is 14.8 Å². The van der Waals surface area contributed by atoms with E-state index in [1.807, 2.05) is 25.1 Å². The standard InChI is InChI=1S/C15H25NO2/c1-4-9-16-10-5-6-11-18-14-8-7-13(2)12-15(14)17-3/h7-8,12,16H,4-6,9-11H2,1-3H3. The van der Waals surface area contributed by atoms with Gasteiger partial charge in [0.1, 0.15) is 0 Å². The summed E-state index contributed by atoms with van der Waals surface area (Å²) in [6.07, 6.45) is 3.40. The van der Waals surface area contributed by atoms with Gasteiger partial charge in [-0.05, 0) is 57.0 Å². The zero-order valence-corrected chi connectivity index (χ0v) is 11.8. The summed E-state index contributed by atoms with van der Waals surface area (Å²) in [6.45, 7) is 7.15. The fourth-order valence-corrected chi connectivity index (χ4v) is 1.73. The first-order valence-electron chi connectivity index (χ1n) is 6.76. The lowest BCUT2D eigenvalue weighted by atomic mass is 10.2. The van der Waals surface area contributed by atoms with Crippen LogP contribution in [0, 0.1) is 6.92 Å². The zero-order valence-electron chi connectivity index (χ0n) is 11.8. The lowest BCUT2D eigenvalue weighted by molar-refractivity contribution is 0.285. The first kappa shape index (κ1) is 14.8. The highest BCUT2D eigenvalue weighted by Gasteiger charge is 2.03. The first-order chi connectivity index (χ1) is 8.77. The molecule has 0 aromatic heterocycles. The molecular weight excluding hydrogens is 226 g/mol. The van der Waals surface area contributed by atoms with Gasteiger partial charge in [-0.15, -0.1) is 0 Å². The average molecular weight is 251 g/mol. The number of aryl methyl sites for hydroxylation is 1. The molecule has 1 N–H and O–H groups in total. The first-order valence-corrected chi connectivity index (χ1v) is 6.76. The smallest absolute Gasteiger partial charge is 0.161 e. The number of ether oxygens (including phenoxy) is 2. The highest BCUT2D eigenvalue weighted by atomic mass is 16.5. The number of nitrogens with one attached hydrogen (secondary N) is 1.